The molecule has 5 heterocycles. The smallest absolute Gasteiger partial charge is 0.303 e. The van der Waals surface area contributed by atoms with Gasteiger partial charge in [0.25, 0.3) is 11.8 Å². The first-order chi connectivity index (χ1) is 14.7. The molecule has 5 saturated heterocycles. The van der Waals surface area contributed by atoms with Crippen molar-refractivity contribution in [1.82, 2.24) is 9.80 Å². The topological polar surface area (TPSA) is 134 Å². The van der Waals surface area contributed by atoms with Crippen molar-refractivity contribution < 1.29 is 38.9 Å². The molecule has 2 spiro atoms. The number of ether oxygens (including phenoxy) is 2. The molecule has 0 aromatic rings. The van der Waals surface area contributed by atoms with E-state index < -0.39 is 69.0 Å². The molecule has 7 atom stereocenters. The van der Waals surface area contributed by atoms with Gasteiger partial charge in [0.2, 0.25) is 4.87 Å². The minimum Gasteiger partial charge on any atom is -0.456 e. The monoisotopic (exact) mass is 486 g/mol. The molecule has 5 aliphatic heterocycles. The molecule has 10 nitrogen and oxygen atoms in total. The molecule has 0 radical (unpaired) electrons. The third-order valence-electron chi connectivity index (χ3n) is 8.10. The standard InChI is InChI=1S/C20H26N2O8S2/c1-9-16(3,4)12(25)18(30-9)6-11-17(28,13(18)29-10(2)24)7-19-14(26)21(5)20(8-23,32-31-19)15(27)22(11)19/h9,11,13,23,28H,6-8H2,1-5H3/t9?,11-,13+,17+,18+,19-,20-/m1/s1. The molecular weight excluding hydrogens is 460 g/mol. The van der Waals surface area contributed by atoms with E-state index in [1.807, 2.05) is 0 Å². The molecule has 6 rings (SSSR count). The molecule has 0 aromatic heterocycles. The van der Waals surface area contributed by atoms with Gasteiger partial charge in [-0.2, -0.15) is 0 Å². The Hall–Kier alpha value is -1.34. The fraction of sp³-hybridized carbons (Fsp3) is 0.800. The summed E-state index contributed by atoms with van der Waals surface area (Å²) in [5, 5.41) is 22.1. The van der Waals surface area contributed by atoms with Crippen molar-refractivity contribution in [2.45, 2.75) is 79.7 Å². The first-order valence-corrected chi connectivity index (χ1v) is 12.6. The molecule has 32 heavy (non-hydrogen) atoms. The second-order valence-electron chi connectivity index (χ2n) is 10.0. The fourth-order valence-electron chi connectivity index (χ4n) is 6.10. The maximum absolute atomic E-state index is 13.7. The number of carbonyl (C=O) groups excluding carboxylic acids is 4. The molecule has 2 amide bonds. The molecule has 6 fully saturated rings. The summed E-state index contributed by atoms with van der Waals surface area (Å²) in [6.07, 6.45) is -2.22. The molecule has 176 valence electrons. The minimum atomic E-state index is -1.88. The van der Waals surface area contributed by atoms with Crippen LogP contribution in [0.5, 0.6) is 0 Å². The number of likely N-dealkylation sites (N-methyl/N-ethyl adjacent to an activating group) is 1. The molecule has 12 heteroatoms. The number of rotatable bonds is 2. The number of hydrogen-bond donors (Lipinski definition) is 2. The highest BCUT2D eigenvalue weighted by atomic mass is 33.1. The van der Waals surface area contributed by atoms with Gasteiger partial charge in [-0.15, -0.1) is 0 Å². The third-order valence-corrected chi connectivity index (χ3v) is 11.7. The number of ketones is 1. The number of aliphatic hydroxyl groups is 2. The summed E-state index contributed by atoms with van der Waals surface area (Å²) in [6.45, 7) is 5.80. The van der Waals surface area contributed by atoms with Gasteiger partial charge in [0, 0.05) is 26.8 Å². The van der Waals surface area contributed by atoms with Crippen LogP contribution in [0, 0.1) is 5.41 Å². The lowest BCUT2D eigenvalue weighted by molar-refractivity contribution is -0.189. The largest absolute Gasteiger partial charge is 0.456 e. The van der Waals surface area contributed by atoms with Gasteiger partial charge >= 0.3 is 5.97 Å². The number of hydrogen-bond acceptors (Lipinski definition) is 10. The van der Waals surface area contributed by atoms with E-state index in [0.29, 0.717) is 0 Å². The van der Waals surface area contributed by atoms with Crippen LogP contribution in [0.2, 0.25) is 0 Å². The summed E-state index contributed by atoms with van der Waals surface area (Å²) in [5.74, 6) is -1.94. The SMILES string of the molecule is CC(=O)O[C@H]1[C@]2(O)C[C@]34SS[C@](CO)(C(=O)N3[C@@H]2C[C@@]12OC(C)C(C)(C)C2=O)N(C)C4=O. The van der Waals surface area contributed by atoms with Crippen molar-refractivity contribution in [1.29, 1.82) is 0 Å². The molecule has 0 aromatic carbocycles. The Morgan fingerprint density at radius 3 is 2.44 bits per heavy atom. The van der Waals surface area contributed by atoms with Gasteiger partial charge in [0.05, 0.1) is 24.2 Å². The molecular formula is C20H26N2O8S2. The first-order valence-electron chi connectivity index (χ1n) is 10.5. The van der Waals surface area contributed by atoms with E-state index in [2.05, 4.69) is 0 Å². The quantitative estimate of drug-likeness (QED) is 0.394. The fourth-order valence-corrected chi connectivity index (χ4v) is 9.75. The predicted molar refractivity (Wildman–Crippen MR) is 113 cm³/mol. The molecule has 1 unspecified atom stereocenters. The maximum atomic E-state index is 13.7. The van der Waals surface area contributed by atoms with Crippen molar-refractivity contribution in [2.24, 2.45) is 5.41 Å². The van der Waals surface area contributed by atoms with Gasteiger partial charge in [-0.05, 0) is 17.7 Å². The second-order valence-corrected chi connectivity index (χ2v) is 12.7. The van der Waals surface area contributed by atoms with Crippen molar-refractivity contribution in [3.8, 4) is 0 Å². The highest BCUT2D eigenvalue weighted by Crippen LogP contribution is 2.69. The minimum absolute atomic E-state index is 0.106. The van der Waals surface area contributed by atoms with E-state index in [4.69, 9.17) is 9.47 Å². The van der Waals surface area contributed by atoms with Crippen LogP contribution in [-0.2, 0) is 28.7 Å². The first kappa shape index (κ1) is 22.5. The summed E-state index contributed by atoms with van der Waals surface area (Å²) in [5.41, 5.74) is -4.41. The zero-order valence-electron chi connectivity index (χ0n) is 18.4. The van der Waals surface area contributed by atoms with Gasteiger partial charge in [0.15, 0.2) is 22.4 Å². The van der Waals surface area contributed by atoms with E-state index in [0.717, 1.165) is 21.6 Å². The van der Waals surface area contributed by atoms with Crippen LogP contribution in [0.1, 0.15) is 40.5 Å². The lowest BCUT2D eigenvalue weighted by Gasteiger charge is -2.58. The number of carbonyl (C=O) groups is 4. The normalized spacial score (nSPS) is 48.6. The highest BCUT2D eigenvalue weighted by Gasteiger charge is 2.84. The lowest BCUT2D eigenvalue weighted by atomic mass is 9.76. The Kier molecular flexibility index (Phi) is 4.35. The number of piperazine rings is 1. The van der Waals surface area contributed by atoms with Gasteiger partial charge in [-0.3, -0.25) is 19.2 Å². The van der Waals surface area contributed by atoms with Crippen molar-refractivity contribution in [2.75, 3.05) is 13.7 Å². The van der Waals surface area contributed by atoms with Gasteiger partial charge < -0.3 is 29.5 Å². The molecule has 2 bridgehead atoms. The van der Waals surface area contributed by atoms with Crippen LogP contribution >= 0.6 is 21.6 Å². The zero-order valence-corrected chi connectivity index (χ0v) is 20.0. The Labute approximate surface area is 192 Å². The number of esters is 1. The highest BCUT2D eigenvalue weighted by molar-refractivity contribution is 8.78. The van der Waals surface area contributed by atoms with Crippen LogP contribution in [0.25, 0.3) is 0 Å². The van der Waals surface area contributed by atoms with Crippen LogP contribution in [0.3, 0.4) is 0 Å². The van der Waals surface area contributed by atoms with E-state index >= 15 is 0 Å². The number of nitrogens with zero attached hydrogens (tertiary/aromatic N) is 2. The lowest BCUT2D eigenvalue weighted by Crippen LogP contribution is -2.77. The van der Waals surface area contributed by atoms with Crippen molar-refractivity contribution >= 4 is 45.2 Å². The molecule has 1 saturated carbocycles. The third kappa shape index (κ3) is 2.16. The van der Waals surface area contributed by atoms with Crippen molar-refractivity contribution in [3.05, 3.63) is 0 Å². The Morgan fingerprint density at radius 2 is 1.91 bits per heavy atom. The van der Waals surface area contributed by atoms with Crippen LogP contribution in [-0.4, -0.2) is 96.4 Å². The van der Waals surface area contributed by atoms with E-state index in [-0.39, 0.29) is 18.6 Å². The Balaban J connectivity index is 1.67. The molecule has 6 aliphatic rings. The molecule has 2 N–H and O–H groups in total. The summed E-state index contributed by atoms with van der Waals surface area (Å²) >= 11 is 0. The number of Topliss-reactive ketones (excluding diaryl/α,β-unsaturated/α-hetero) is 1. The van der Waals surface area contributed by atoms with E-state index in [9.17, 15) is 29.4 Å². The van der Waals surface area contributed by atoms with E-state index in [1.165, 1.54) is 23.8 Å². The Bertz CT molecular complexity index is 975. The van der Waals surface area contributed by atoms with Crippen LogP contribution in [0.15, 0.2) is 0 Å². The maximum Gasteiger partial charge on any atom is 0.303 e. The zero-order chi connectivity index (χ0) is 23.6. The average Bonchev–Trinajstić information content (AvgIpc) is 3.17. The van der Waals surface area contributed by atoms with Gasteiger partial charge in [-0.25, -0.2) is 0 Å². The van der Waals surface area contributed by atoms with Crippen molar-refractivity contribution in [3.63, 3.8) is 0 Å². The number of aliphatic hydroxyl groups excluding tert-OH is 1. The van der Waals surface area contributed by atoms with E-state index in [1.54, 1.807) is 20.8 Å². The van der Waals surface area contributed by atoms with Gasteiger partial charge in [0.1, 0.15) is 5.60 Å². The van der Waals surface area contributed by atoms with Crippen LogP contribution in [0.4, 0.5) is 0 Å². The van der Waals surface area contributed by atoms with Gasteiger partial charge in [-0.1, -0.05) is 24.6 Å². The average molecular weight is 487 g/mol. The summed E-state index contributed by atoms with van der Waals surface area (Å²) in [4.78, 5) is 52.4. The summed E-state index contributed by atoms with van der Waals surface area (Å²) in [7, 11) is 3.67. The van der Waals surface area contributed by atoms with Crippen LogP contribution < -0.4 is 0 Å². The Morgan fingerprint density at radius 1 is 1.25 bits per heavy atom. The number of fused-ring (bicyclic) bond motifs is 3. The number of amides is 2. The predicted octanol–water partition coefficient (Wildman–Crippen LogP) is -0.341. The molecule has 1 aliphatic carbocycles. The summed E-state index contributed by atoms with van der Waals surface area (Å²) < 4.78 is 11.7. The summed E-state index contributed by atoms with van der Waals surface area (Å²) in [6, 6.07) is -0.999. The second kappa shape index (κ2) is 6.21.